The standard InChI is InChI=1S/C19H13ClN6O.C12H8BrClN4O/c20-13-5-1-2-7-15(13)26-10-12(14-6-3-4-11(23-14)8-9-21)17-16(19(26)27)18(22)25-24-17;13-6-5-18(8-4-2-1-3-7(8)14)12(19)9-10(6)16-17-11(9)15/h1-7,10H,8H2,(H3,22,24,25);1-5H,(H3,15,16,17). The number of rotatable bonds is 4. The van der Waals surface area contributed by atoms with Crippen molar-refractivity contribution in [3.8, 4) is 28.7 Å². The third-order valence-electron chi connectivity index (χ3n) is 7.03. The predicted molar refractivity (Wildman–Crippen MR) is 182 cm³/mol. The summed E-state index contributed by atoms with van der Waals surface area (Å²) in [5.74, 6) is 0.271. The van der Waals surface area contributed by atoms with Gasteiger partial charge in [-0.2, -0.15) is 15.5 Å². The van der Waals surface area contributed by atoms with Crippen LogP contribution in [0.15, 0.2) is 93.2 Å². The van der Waals surface area contributed by atoms with Crippen molar-refractivity contribution in [2.45, 2.75) is 6.42 Å². The molecule has 7 rings (SSSR count). The average molecular weight is 716 g/mol. The minimum Gasteiger partial charge on any atom is -0.382 e. The van der Waals surface area contributed by atoms with Crippen molar-refractivity contribution in [2.75, 3.05) is 11.5 Å². The molecule has 228 valence electrons. The number of fused-ring (bicyclic) bond motifs is 2. The minimum absolute atomic E-state index is 0.103. The molecule has 0 unspecified atom stereocenters. The summed E-state index contributed by atoms with van der Waals surface area (Å²) in [5.41, 5.74) is 15.1. The summed E-state index contributed by atoms with van der Waals surface area (Å²) in [5, 5.41) is 23.8. The molecule has 0 bridgehead atoms. The number of pyridine rings is 3. The second-order valence-corrected chi connectivity index (χ2v) is 11.5. The van der Waals surface area contributed by atoms with Crippen LogP contribution in [0.25, 0.3) is 44.4 Å². The van der Waals surface area contributed by atoms with E-state index in [1.54, 1.807) is 67.0 Å². The summed E-state index contributed by atoms with van der Waals surface area (Å²) < 4.78 is 3.57. The maximum atomic E-state index is 13.0. The van der Waals surface area contributed by atoms with E-state index < -0.39 is 0 Å². The van der Waals surface area contributed by atoms with E-state index in [2.05, 4.69) is 47.4 Å². The Bertz CT molecular complexity index is 2440. The lowest BCUT2D eigenvalue weighted by molar-refractivity contribution is 1.00. The number of hydrogen-bond acceptors (Lipinski definition) is 8. The van der Waals surface area contributed by atoms with Crippen LogP contribution in [0, 0.1) is 11.3 Å². The SMILES string of the molecule is N#CCc1cccc(-c2cn(-c3ccccc3Cl)c(=O)c3c(N)n[nH]c23)n1.Nc1n[nH]c2c(Br)cn(-c3ccccc3Cl)c(=O)c12. The molecule has 5 aromatic heterocycles. The molecule has 2 aromatic carbocycles. The fourth-order valence-electron chi connectivity index (χ4n) is 4.90. The highest BCUT2D eigenvalue weighted by Gasteiger charge is 2.19. The molecule has 0 saturated heterocycles. The smallest absolute Gasteiger partial charge is 0.268 e. The van der Waals surface area contributed by atoms with Gasteiger partial charge in [0, 0.05) is 18.0 Å². The Labute approximate surface area is 278 Å². The molecular formula is C31H21BrCl2N10O2. The molecule has 46 heavy (non-hydrogen) atoms. The molecule has 15 heteroatoms. The van der Waals surface area contributed by atoms with Crippen molar-refractivity contribution >= 4 is 72.6 Å². The summed E-state index contributed by atoms with van der Waals surface area (Å²) in [6.07, 6.45) is 3.48. The summed E-state index contributed by atoms with van der Waals surface area (Å²) in [6.45, 7) is 0. The molecule has 0 fully saturated rings. The molecule has 0 radical (unpaired) electrons. The van der Waals surface area contributed by atoms with Gasteiger partial charge in [0.05, 0.1) is 60.8 Å². The Balaban J connectivity index is 0.000000172. The van der Waals surface area contributed by atoms with E-state index in [9.17, 15) is 9.59 Å². The quantitative estimate of drug-likeness (QED) is 0.176. The van der Waals surface area contributed by atoms with Crippen molar-refractivity contribution in [3.63, 3.8) is 0 Å². The first-order valence-electron chi connectivity index (χ1n) is 13.5. The Hall–Kier alpha value is -5.42. The fourth-order valence-corrected chi connectivity index (χ4v) is 5.84. The average Bonchev–Trinajstić information content (AvgIpc) is 3.64. The zero-order valence-electron chi connectivity index (χ0n) is 23.5. The topological polar surface area (TPSA) is 190 Å². The van der Waals surface area contributed by atoms with E-state index in [4.69, 9.17) is 39.9 Å². The number of halogens is 3. The third-order valence-corrected chi connectivity index (χ3v) is 8.27. The number of H-pyrrole nitrogens is 2. The number of nitrogens with one attached hydrogen (secondary N) is 2. The van der Waals surface area contributed by atoms with Crippen molar-refractivity contribution in [1.29, 1.82) is 5.26 Å². The Kier molecular flexibility index (Phi) is 8.33. The number of anilines is 2. The summed E-state index contributed by atoms with van der Waals surface area (Å²) in [4.78, 5) is 30.0. The highest BCUT2D eigenvalue weighted by atomic mass is 79.9. The lowest BCUT2D eigenvalue weighted by Gasteiger charge is -2.12. The van der Waals surface area contributed by atoms with Crippen LogP contribution >= 0.6 is 39.1 Å². The molecule has 6 N–H and O–H groups in total. The number of benzene rings is 2. The van der Waals surface area contributed by atoms with E-state index in [1.165, 1.54) is 9.13 Å². The molecule has 7 aromatic rings. The van der Waals surface area contributed by atoms with E-state index in [-0.39, 0.29) is 34.6 Å². The first kappa shape index (κ1) is 30.6. The Morgan fingerprint density at radius 2 is 1.33 bits per heavy atom. The number of hydrogen-bond donors (Lipinski definition) is 4. The molecule has 0 aliphatic heterocycles. The second kappa shape index (κ2) is 12.5. The number of nitrogens with two attached hydrogens (primary N) is 2. The van der Waals surface area contributed by atoms with Gasteiger partial charge >= 0.3 is 0 Å². The van der Waals surface area contributed by atoms with E-state index in [0.717, 1.165) is 0 Å². The largest absolute Gasteiger partial charge is 0.382 e. The third kappa shape index (κ3) is 5.49. The zero-order valence-corrected chi connectivity index (χ0v) is 26.6. The number of nitriles is 1. The summed E-state index contributed by atoms with van der Waals surface area (Å²) >= 11 is 15.8. The summed E-state index contributed by atoms with van der Waals surface area (Å²) in [7, 11) is 0. The molecule has 0 saturated carbocycles. The van der Waals surface area contributed by atoms with Crippen LogP contribution in [0.3, 0.4) is 0 Å². The molecule has 5 heterocycles. The van der Waals surface area contributed by atoms with Gasteiger partial charge in [-0.15, -0.1) is 0 Å². The van der Waals surface area contributed by atoms with Gasteiger partial charge in [-0.25, -0.2) is 0 Å². The van der Waals surface area contributed by atoms with E-state index >= 15 is 0 Å². The van der Waals surface area contributed by atoms with Crippen molar-refractivity contribution in [2.24, 2.45) is 0 Å². The highest BCUT2D eigenvalue weighted by molar-refractivity contribution is 9.10. The van der Waals surface area contributed by atoms with Crippen LogP contribution in [0.5, 0.6) is 0 Å². The van der Waals surface area contributed by atoms with E-state index in [0.29, 0.717) is 59.3 Å². The van der Waals surface area contributed by atoms with Crippen molar-refractivity contribution in [1.82, 2.24) is 34.5 Å². The molecule has 0 spiro atoms. The van der Waals surface area contributed by atoms with Gasteiger partial charge in [0.25, 0.3) is 11.1 Å². The van der Waals surface area contributed by atoms with Crippen LogP contribution in [-0.4, -0.2) is 34.5 Å². The van der Waals surface area contributed by atoms with Gasteiger partial charge < -0.3 is 11.5 Å². The Morgan fingerprint density at radius 3 is 1.91 bits per heavy atom. The first-order chi connectivity index (χ1) is 22.2. The monoisotopic (exact) mass is 714 g/mol. The van der Waals surface area contributed by atoms with E-state index in [1.807, 2.05) is 12.1 Å². The second-order valence-electron chi connectivity index (χ2n) is 9.84. The van der Waals surface area contributed by atoms with Crippen LogP contribution in [0.2, 0.25) is 10.0 Å². The maximum absolute atomic E-state index is 13.0. The zero-order chi connectivity index (χ0) is 32.5. The van der Waals surface area contributed by atoms with Crippen molar-refractivity contribution < 1.29 is 0 Å². The van der Waals surface area contributed by atoms with Crippen LogP contribution < -0.4 is 22.6 Å². The van der Waals surface area contributed by atoms with Gasteiger partial charge in [0.15, 0.2) is 11.6 Å². The predicted octanol–water partition coefficient (Wildman–Crippen LogP) is 5.79. The van der Waals surface area contributed by atoms with Gasteiger partial charge in [-0.1, -0.05) is 53.5 Å². The number of para-hydroxylation sites is 2. The fraction of sp³-hybridized carbons (Fsp3) is 0.0323. The first-order valence-corrected chi connectivity index (χ1v) is 15.0. The van der Waals surface area contributed by atoms with Gasteiger partial charge in [0.2, 0.25) is 0 Å². The maximum Gasteiger partial charge on any atom is 0.268 e. The highest BCUT2D eigenvalue weighted by Crippen LogP contribution is 2.29. The van der Waals surface area contributed by atoms with Crippen LogP contribution in [0.1, 0.15) is 5.69 Å². The van der Waals surface area contributed by atoms with Crippen molar-refractivity contribution in [3.05, 3.63) is 120 Å². The minimum atomic E-state index is -0.332. The number of aromatic nitrogens is 7. The Morgan fingerprint density at radius 1 is 0.783 bits per heavy atom. The molecule has 12 nitrogen and oxygen atoms in total. The molecular weight excluding hydrogens is 695 g/mol. The molecule has 0 aliphatic rings. The molecule has 0 atom stereocenters. The van der Waals surface area contributed by atoms with Crippen LogP contribution in [-0.2, 0) is 6.42 Å². The number of aromatic amines is 2. The lowest BCUT2D eigenvalue weighted by Crippen LogP contribution is -2.19. The normalized spacial score (nSPS) is 10.9. The van der Waals surface area contributed by atoms with Crippen LogP contribution in [0.4, 0.5) is 11.6 Å². The number of nitrogens with zero attached hydrogens (tertiary/aromatic N) is 6. The van der Waals surface area contributed by atoms with Gasteiger partial charge in [-0.3, -0.25) is 33.9 Å². The lowest BCUT2D eigenvalue weighted by atomic mass is 10.1. The number of nitrogen functional groups attached to an aromatic ring is 2. The van der Waals surface area contributed by atoms with Gasteiger partial charge in [-0.05, 0) is 52.3 Å². The molecule has 0 aliphatic carbocycles. The van der Waals surface area contributed by atoms with Gasteiger partial charge in [0.1, 0.15) is 10.8 Å². The summed E-state index contributed by atoms with van der Waals surface area (Å²) in [6, 6.07) is 21.6. The molecule has 0 amide bonds.